The Balaban J connectivity index is 2.94. The smallest absolute Gasteiger partial charge is 0.138 e. The van der Waals surface area contributed by atoms with Gasteiger partial charge in [-0.05, 0) is 6.92 Å². The van der Waals surface area contributed by atoms with Gasteiger partial charge in [0, 0.05) is 19.1 Å². The van der Waals surface area contributed by atoms with Crippen molar-refractivity contribution in [1.82, 2.24) is 14.8 Å². The number of hydrogen-bond acceptors (Lipinski definition) is 3. The summed E-state index contributed by atoms with van der Waals surface area (Å²) in [5, 5.41) is 8.29. The highest BCUT2D eigenvalue weighted by molar-refractivity contribution is 5.05. The Morgan fingerprint density at radius 1 is 1.29 bits per heavy atom. The second-order valence-electron chi connectivity index (χ2n) is 4.47. The van der Waals surface area contributed by atoms with Crippen molar-refractivity contribution in [2.24, 2.45) is 0 Å². The van der Waals surface area contributed by atoms with E-state index >= 15 is 0 Å². The molecule has 0 amide bonds. The normalized spacial score (nSPS) is 12.1. The van der Waals surface area contributed by atoms with Crippen molar-refractivity contribution in [3.05, 3.63) is 11.6 Å². The average Bonchev–Trinajstić information content (AvgIpc) is 2.42. The highest BCUT2D eigenvalue weighted by atomic mass is 16.5. The van der Waals surface area contributed by atoms with E-state index in [1.807, 2.05) is 6.92 Å². The molecule has 0 unspecified atom stereocenters. The minimum atomic E-state index is 0.0367. The molecule has 4 heteroatoms. The molecule has 0 aromatic carbocycles. The molecule has 1 aromatic rings. The van der Waals surface area contributed by atoms with E-state index in [-0.39, 0.29) is 5.41 Å². The number of nitrogens with zero attached hydrogens (tertiary/aromatic N) is 3. The van der Waals surface area contributed by atoms with Gasteiger partial charge in [0.1, 0.15) is 11.6 Å². The van der Waals surface area contributed by atoms with Crippen LogP contribution >= 0.6 is 0 Å². The van der Waals surface area contributed by atoms with Crippen LogP contribution in [0.5, 0.6) is 0 Å². The number of rotatable bonds is 3. The molecule has 0 fully saturated rings. The van der Waals surface area contributed by atoms with Crippen LogP contribution < -0.4 is 0 Å². The molecule has 80 valence electrons. The number of aryl methyl sites for hydroxylation is 1. The number of ether oxygens (including phenoxy) is 1. The van der Waals surface area contributed by atoms with Gasteiger partial charge in [-0.25, -0.2) is 0 Å². The molecule has 1 rings (SSSR count). The van der Waals surface area contributed by atoms with Crippen LogP contribution in [0.25, 0.3) is 0 Å². The SMILES string of the molecule is COCCn1c(C)nnc1C(C)(C)C. The van der Waals surface area contributed by atoms with Crippen LogP contribution in [0.1, 0.15) is 32.4 Å². The highest BCUT2D eigenvalue weighted by Gasteiger charge is 2.22. The third-order valence-corrected chi connectivity index (χ3v) is 2.13. The van der Waals surface area contributed by atoms with Gasteiger partial charge in [0.05, 0.1) is 6.61 Å². The van der Waals surface area contributed by atoms with Crippen molar-refractivity contribution in [2.45, 2.75) is 39.7 Å². The number of aromatic nitrogens is 3. The Labute approximate surface area is 85.3 Å². The molecule has 0 aliphatic rings. The van der Waals surface area contributed by atoms with E-state index in [9.17, 15) is 0 Å². The quantitative estimate of drug-likeness (QED) is 0.737. The van der Waals surface area contributed by atoms with Gasteiger partial charge >= 0.3 is 0 Å². The maximum absolute atomic E-state index is 5.06. The summed E-state index contributed by atoms with van der Waals surface area (Å²) in [7, 11) is 1.70. The lowest BCUT2D eigenvalue weighted by atomic mass is 9.95. The van der Waals surface area contributed by atoms with Crippen molar-refractivity contribution in [1.29, 1.82) is 0 Å². The zero-order chi connectivity index (χ0) is 10.8. The summed E-state index contributed by atoms with van der Waals surface area (Å²) in [6.45, 7) is 9.90. The number of hydrogen-bond donors (Lipinski definition) is 0. The van der Waals surface area contributed by atoms with Crippen LogP contribution in [0.15, 0.2) is 0 Å². The molecule has 0 saturated carbocycles. The van der Waals surface area contributed by atoms with E-state index in [0.29, 0.717) is 6.61 Å². The summed E-state index contributed by atoms with van der Waals surface area (Å²) < 4.78 is 7.18. The molecule has 14 heavy (non-hydrogen) atoms. The predicted molar refractivity (Wildman–Crippen MR) is 55.3 cm³/mol. The monoisotopic (exact) mass is 197 g/mol. The lowest BCUT2D eigenvalue weighted by molar-refractivity contribution is 0.184. The zero-order valence-electron chi connectivity index (χ0n) is 9.66. The van der Waals surface area contributed by atoms with Gasteiger partial charge in [-0.3, -0.25) is 0 Å². The molecular weight excluding hydrogens is 178 g/mol. The maximum Gasteiger partial charge on any atom is 0.138 e. The first-order valence-corrected chi connectivity index (χ1v) is 4.86. The summed E-state index contributed by atoms with van der Waals surface area (Å²) >= 11 is 0. The third kappa shape index (κ3) is 2.32. The van der Waals surface area contributed by atoms with Gasteiger partial charge in [-0.1, -0.05) is 20.8 Å². The largest absolute Gasteiger partial charge is 0.383 e. The van der Waals surface area contributed by atoms with E-state index in [4.69, 9.17) is 4.74 Å². The Morgan fingerprint density at radius 2 is 1.93 bits per heavy atom. The molecule has 0 N–H and O–H groups in total. The molecule has 4 nitrogen and oxygen atoms in total. The topological polar surface area (TPSA) is 39.9 Å². The third-order valence-electron chi connectivity index (χ3n) is 2.13. The van der Waals surface area contributed by atoms with Crippen LogP contribution in [-0.4, -0.2) is 28.5 Å². The average molecular weight is 197 g/mol. The molecule has 0 saturated heterocycles. The molecule has 0 radical (unpaired) electrons. The van der Waals surface area contributed by atoms with E-state index < -0.39 is 0 Å². The molecule has 1 heterocycles. The van der Waals surface area contributed by atoms with Gasteiger partial charge in [-0.15, -0.1) is 10.2 Å². The van der Waals surface area contributed by atoms with E-state index in [2.05, 4.69) is 35.5 Å². The molecular formula is C10H19N3O. The Kier molecular flexibility index (Phi) is 3.26. The standard InChI is InChI=1S/C10H19N3O/c1-8-11-12-9(10(2,3)4)13(8)6-7-14-5/h6-7H2,1-5H3. The Hall–Kier alpha value is -0.900. The second-order valence-corrected chi connectivity index (χ2v) is 4.47. The summed E-state index contributed by atoms with van der Waals surface area (Å²) in [6, 6.07) is 0. The predicted octanol–water partition coefficient (Wildman–Crippen LogP) is 1.53. The highest BCUT2D eigenvalue weighted by Crippen LogP contribution is 2.20. The Morgan fingerprint density at radius 3 is 2.43 bits per heavy atom. The van der Waals surface area contributed by atoms with Crippen LogP contribution in [-0.2, 0) is 16.7 Å². The first-order valence-electron chi connectivity index (χ1n) is 4.86. The molecule has 0 bridgehead atoms. The van der Waals surface area contributed by atoms with Crippen molar-refractivity contribution in [2.75, 3.05) is 13.7 Å². The summed E-state index contributed by atoms with van der Waals surface area (Å²) in [4.78, 5) is 0. The first kappa shape index (κ1) is 11.2. The molecule has 0 atom stereocenters. The second kappa shape index (κ2) is 4.09. The minimum absolute atomic E-state index is 0.0367. The van der Waals surface area contributed by atoms with Crippen molar-refractivity contribution >= 4 is 0 Å². The first-order chi connectivity index (χ1) is 6.46. The summed E-state index contributed by atoms with van der Waals surface area (Å²) in [5.41, 5.74) is 0.0367. The summed E-state index contributed by atoms with van der Waals surface area (Å²) in [5.74, 6) is 1.97. The van der Waals surface area contributed by atoms with E-state index in [0.717, 1.165) is 18.2 Å². The van der Waals surface area contributed by atoms with Gasteiger partial charge in [0.2, 0.25) is 0 Å². The van der Waals surface area contributed by atoms with E-state index in [1.165, 1.54) is 0 Å². The minimum Gasteiger partial charge on any atom is -0.383 e. The molecule has 0 aliphatic heterocycles. The van der Waals surface area contributed by atoms with Crippen LogP contribution in [0.3, 0.4) is 0 Å². The molecule has 0 spiro atoms. The van der Waals surface area contributed by atoms with E-state index in [1.54, 1.807) is 7.11 Å². The lowest BCUT2D eigenvalue weighted by Gasteiger charge is -2.19. The van der Waals surface area contributed by atoms with Gasteiger partial charge in [0.15, 0.2) is 0 Å². The van der Waals surface area contributed by atoms with Gasteiger partial charge in [0.25, 0.3) is 0 Å². The zero-order valence-corrected chi connectivity index (χ0v) is 9.66. The van der Waals surface area contributed by atoms with Crippen molar-refractivity contribution in [3.63, 3.8) is 0 Å². The van der Waals surface area contributed by atoms with Crippen molar-refractivity contribution < 1.29 is 4.74 Å². The van der Waals surface area contributed by atoms with Crippen LogP contribution in [0, 0.1) is 6.92 Å². The van der Waals surface area contributed by atoms with Crippen molar-refractivity contribution in [3.8, 4) is 0 Å². The Bertz CT molecular complexity index is 299. The fraction of sp³-hybridized carbons (Fsp3) is 0.800. The lowest BCUT2D eigenvalue weighted by Crippen LogP contribution is -2.21. The van der Waals surface area contributed by atoms with Gasteiger partial charge in [-0.2, -0.15) is 0 Å². The summed E-state index contributed by atoms with van der Waals surface area (Å²) in [6.07, 6.45) is 0. The molecule has 0 aliphatic carbocycles. The van der Waals surface area contributed by atoms with Gasteiger partial charge < -0.3 is 9.30 Å². The van der Waals surface area contributed by atoms with Crippen LogP contribution in [0.2, 0.25) is 0 Å². The fourth-order valence-electron chi connectivity index (χ4n) is 1.39. The van der Waals surface area contributed by atoms with Crippen LogP contribution in [0.4, 0.5) is 0 Å². The maximum atomic E-state index is 5.06. The number of methoxy groups -OCH3 is 1. The fourth-order valence-corrected chi connectivity index (χ4v) is 1.39. The molecule has 1 aromatic heterocycles.